The van der Waals surface area contributed by atoms with E-state index >= 15 is 0 Å². The van der Waals surface area contributed by atoms with Crippen molar-refractivity contribution in [2.75, 3.05) is 19.2 Å². The van der Waals surface area contributed by atoms with Gasteiger partial charge in [0, 0.05) is 6.54 Å². The Hall–Kier alpha value is -3.22. The monoisotopic (exact) mass is 370 g/mol. The van der Waals surface area contributed by atoms with Gasteiger partial charge in [-0.25, -0.2) is 0 Å². The second kappa shape index (κ2) is 7.57. The van der Waals surface area contributed by atoms with Crippen LogP contribution in [0.2, 0.25) is 0 Å². The molecule has 1 aliphatic rings. The third-order valence-electron chi connectivity index (χ3n) is 4.38. The Bertz CT molecular complexity index is 863. The number of hydrogen-bond donors (Lipinski definition) is 2. The summed E-state index contributed by atoms with van der Waals surface area (Å²) < 4.78 is 15.8. The molecule has 0 saturated heterocycles. The van der Waals surface area contributed by atoms with Gasteiger partial charge >= 0.3 is 0 Å². The number of methoxy groups -OCH3 is 1. The van der Waals surface area contributed by atoms with Crippen molar-refractivity contribution in [1.29, 1.82) is 0 Å². The molecule has 3 rings (SSSR count). The molecule has 0 fully saturated rings. The SMILES string of the molecule is COc1ccccc1NC(=O)C(C)(C)C(=O)NCc1ccc2c(c1)OCO2. The van der Waals surface area contributed by atoms with Crippen molar-refractivity contribution in [2.24, 2.45) is 5.41 Å². The highest BCUT2D eigenvalue weighted by atomic mass is 16.7. The van der Waals surface area contributed by atoms with Crippen molar-refractivity contribution >= 4 is 17.5 Å². The number of fused-ring (bicyclic) bond motifs is 1. The van der Waals surface area contributed by atoms with Crippen LogP contribution in [0.25, 0.3) is 0 Å². The van der Waals surface area contributed by atoms with Crippen LogP contribution in [-0.2, 0) is 16.1 Å². The molecular formula is C20H22N2O5. The first-order valence-electron chi connectivity index (χ1n) is 8.53. The lowest BCUT2D eigenvalue weighted by atomic mass is 9.90. The Labute approximate surface area is 157 Å². The van der Waals surface area contributed by atoms with Crippen LogP contribution in [0.1, 0.15) is 19.4 Å². The van der Waals surface area contributed by atoms with Gasteiger partial charge in [-0.3, -0.25) is 9.59 Å². The minimum Gasteiger partial charge on any atom is -0.495 e. The molecule has 27 heavy (non-hydrogen) atoms. The van der Waals surface area contributed by atoms with Gasteiger partial charge in [-0.1, -0.05) is 18.2 Å². The summed E-state index contributed by atoms with van der Waals surface area (Å²) in [4.78, 5) is 25.2. The molecule has 0 radical (unpaired) electrons. The molecule has 1 heterocycles. The highest BCUT2D eigenvalue weighted by Gasteiger charge is 2.36. The Kier molecular flexibility index (Phi) is 5.21. The summed E-state index contributed by atoms with van der Waals surface area (Å²) in [5.41, 5.74) is 0.104. The van der Waals surface area contributed by atoms with Crippen molar-refractivity contribution < 1.29 is 23.8 Å². The average molecular weight is 370 g/mol. The second-order valence-electron chi connectivity index (χ2n) is 6.65. The number of carbonyl (C=O) groups excluding carboxylic acids is 2. The highest BCUT2D eigenvalue weighted by molar-refractivity contribution is 6.10. The van der Waals surface area contributed by atoms with E-state index in [1.807, 2.05) is 12.1 Å². The minimum atomic E-state index is -1.27. The third kappa shape index (κ3) is 3.97. The first-order chi connectivity index (χ1) is 12.9. The Balaban J connectivity index is 1.63. The van der Waals surface area contributed by atoms with Crippen LogP contribution in [0.15, 0.2) is 42.5 Å². The van der Waals surface area contributed by atoms with Crippen molar-refractivity contribution in [3.8, 4) is 17.2 Å². The Morgan fingerprint density at radius 1 is 1.07 bits per heavy atom. The fraction of sp³-hybridized carbons (Fsp3) is 0.300. The Morgan fingerprint density at radius 2 is 1.81 bits per heavy atom. The minimum absolute atomic E-state index is 0.196. The summed E-state index contributed by atoms with van der Waals surface area (Å²) in [6, 6.07) is 12.5. The molecule has 1 aliphatic heterocycles. The maximum Gasteiger partial charge on any atom is 0.239 e. The molecule has 0 bridgehead atoms. The molecule has 2 N–H and O–H groups in total. The molecule has 2 aromatic carbocycles. The number of rotatable bonds is 6. The molecule has 0 atom stereocenters. The van der Waals surface area contributed by atoms with E-state index in [4.69, 9.17) is 14.2 Å². The molecule has 0 aromatic heterocycles. The van der Waals surface area contributed by atoms with Crippen molar-refractivity contribution in [3.63, 3.8) is 0 Å². The highest BCUT2D eigenvalue weighted by Crippen LogP contribution is 2.32. The predicted octanol–water partition coefficient (Wildman–Crippen LogP) is 2.71. The van der Waals surface area contributed by atoms with E-state index in [1.54, 1.807) is 44.2 Å². The normalized spacial score (nSPS) is 12.4. The van der Waals surface area contributed by atoms with Crippen molar-refractivity contribution in [1.82, 2.24) is 5.32 Å². The van der Waals surface area contributed by atoms with Crippen LogP contribution >= 0.6 is 0 Å². The molecule has 0 saturated carbocycles. The average Bonchev–Trinajstić information content (AvgIpc) is 3.14. The lowest BCUT2D eigenvalue weighted by Crippen LogP contribution is -2.44. The zero-order chi connectivity index (χ0) is 19.4. The van der Waals surface area contributed by atoms with Gasteiger partial charge < -0.3 is 24.8 Å². The van der Waals surface area contributed by atoms with Gasteiger partial charge in [-0.15, -0.1) is 0 Å². The molecule has 7 nitrogen and oxygen atoms in total. The van der Waals surface area contributed by atoms with Crippen LogP contribution in [0.5, 0.6) is 17.2 Å². The summed E-state index contributed by atoms with van der Waals surface area (Å²) in [5, 5.41) is 5.55. The molecular weight excluding hydrogens is 348 g/mol. The van der Waals surface area contributed by atoms with E-state index in [1.165, 1.54) is 7.11 Å². The van der Waals surface area contributed by atoms with E-state index in [-0.39, 0.29) is 19.2 Å². The molecule has 7 heteroatoms. The standard InChI is InChI=1S/C20H22N2O5/c1-20(2,19(24)22-14-6-4-5-7-15(14)25-3)18(23)21-11-13-8-9-16-17(10-13)27-12-26-16/h4-10H,11-12H2,1-3H3,(H,21,23)(H,22,24). The molecule has 0 spiro atoms. The summed E-state index contributed by atoms with van der Waals surface area (Å²) in [5.74, 6) is 1.06. The number of ether oxygens (including phenoxy) is 3. The van der Waals surface area contributed by atoms with Gasteiger partial charge in [0.05, 0.1) is 12.8 Å². The number of nitrogens with one attached hydrogen (secondary N) is 2. The molecule has 142 valence electrons. The van der Waals surface area contributed by atoms with Gasteiger partial charge in [0.25, 0.3) is 0 Å². The van der Waals surface area contributed by atoms with Crippen LogP contribution in [0.3, 0.4) is 0 Å². The summed E-state index contributed by atoms with van der Waals surface area (Å²) >= 11 is 0. The predicted molar refractivity (Wildman–Crippen MR) is 99.8 cm³/mol. The van der Waals surface area contributed by atoms with E-state index in [9.17, 15) is 9.59 Å². The maximum atomic E-state index is 12.6. The van der Waals surface area contributed by atoms with Gasteiger partial charge in [0.1, 0.15) is 11.2 Å². The maximum absolute atomic E-state index is 12.6. The van der Waals surface area contributed by atoms with Gasteiger partial charge in [-0.05, 0) is 43.7 Å². The van der Waals surface area contributed by atoms with Gasteiger partial charge in [0.15, 0.2) is 11.5 Å². The fourth-order valence-electron chi connectivity index (χ4n) is 2.58. The van der Waals surface area contributed by atoms with Gasteiger partial charge in [0.2, 0.25) is 18.6 Å². The van der Waals surface area contributed by atoms with E-state index in [0.717, 1.165) is 5.56 Å². The molecule has 2 aromatic rings. The van der Waals surface area contributed by atoms with Crippen LogP contribution < -0.4 is 24.8 Å². The Morgan fingerprint density at radius 3 is 2.59 bits per heavy atom. The summed E-state index contributed by atoms with van der Waals surface area (Å²) in [6.45, 7) is 3.63. The topological polar surface area (TPSA) is 85.9 Å². The smallest absolute Gasteiger partial charge is 0.239 e. The molecule has 2 amide bonds. The third-order valence-corrected chi connectivity index (χ3v) is 4.38. The van der Waals surface area contributed by atoms with E-state index in [0.29, 0.717) is 22.9 Å². The first kappa shape index (κ1) is 18.6. The molecule has 0 unspecified atom stereocenters. The van der Waals surface area contributed by atoms with Crippen LogP contribution in [0, 0.1) is 5.41 Å². The van der Waals surface area contributed by atoms with E-state index < -0.39 is 11.3 Å². The number of carbonyl (C=O) groups is 2. The number of hydrogen-bond acceptors (Lipinski definition) is 5. The number of para-hydroxylation sites is 2. The largest absolute Gasteiger partial charge is 0.495 e. The summed E-state index contributed by atoms with van der Waals surface area (Å²) in [6.07, 6.45) is 0. The fourth-order valence-corrected chi connectivity index (χ4v) is 2.58. The summed E-state index contributed by atoms with van der Waals surface area (Å²) in [7, 11) is 1.52. The first-order valence-corrected chi connectivity index (χ1v) is 8.53. The molecule has 0 aliphatic carbocycles. The number of amides is 2. The number of benzene rings is 2. The lowest BCUT2D eigenvalue weighted by Gasteiger charge is -2.23. The van der Waals surface area contributed by atoms with Crippen LogP contribution in [-0.4, -0.2) is 25.7 Å². The quantitative estimate of drug-likeness (QED) is 0.764. The lowest BCUT2D eigenvalue weighted by molar-refractivity contribution is -0.138. The zero-order valence-corrected chi connectivity index (χ0v) is 15.5. The van der Waals surface area contributed by atoms with Crippen molar-refractivity contribution in [2.45, 2.75) is 20.4 Å². The second-order valence-corrected chi connectivity index (χ2v) is 6.65. The van der Waals surface area contributed by atoms with Crippen LogP contribution in [0.4, 0.5) is 5.69 Å². The van der Waals surface area contributed by atoms with E-state index in [2.05, 4.69) is 10.6 Å². The zero-order valence-electron chi connectivity index (χ0n) is 15.5. The number of anilines is 1. The van der Waals surface area contributed by atoms with Gasteiger partial charge in [-0.2, -0.15) is 0 Å². The van der Waals surface area contributed by atoms with Crippen molar-refractivity contribution in [3.05, 3.63) is 48.0 Å².